The number of halogens is 1. The van der Waals surface area contributed by atoms with Crippen LogP contribution in [0.4, 0.5) is 0 Å². The van der Waals surface area contributed by atoms with Crippen molar-refractivity contribution < 1.29 is 4.42 Å². The molecule has 4 heteroatoms. The maximum absolute atomic E-state index is 12.6. The molecular weight excluding hydrogens is 292 g/mol. The Morgan fingerprint density at radius 3 is 2.80 bits per heavy atom. The maximum Gasteiger partial charge on any atom is 0.202 e. The molecule has 20 heavy (non-hydrogen) atoms. The SMILES string of the molecule is CCCSc1ccc(Cl)c2c(=O)c3ccccc3oc12. The zero-order valence-electron chi connectivity index (χ0n) is 11.0. The molecule has 0 spiro atoms. The van der Waals surface area contributed by atoms with Crippen LogP contribution >= 0.6 is 23.4 Å². The van der Waals surface area contributed by atoms with Crippen molar-refractivity contribution in [1.29, 1.82) is 0 Å². The molecular formula is C16H13ClO2S. The second-order valence-corrected chi connectivity index (χ2v) is 6.07. The van der Waals surface area contributed by atoms with E-state index in [4.69, 9.17) is 16.0 Å². The van der Waals surface area contributed by atoms with Gasteiger partial charge in [-0.1, -0.05) is 30.7 Å². The summed E-state index contributed by atoms with van der Waals surface area (Å²) >= 11 is 7.88. The Bertz CT molecular complexity index is 839. The smallest absolute Gasteiger partial charge is 0.202 e. The number of rotatable bonds is 3. The molecule has 0 N–H and O–H groups in total. The highest BCUT2D eigenvalue weighted by Gasteiger charge is 2.14. The van der Waals surface area contributed by atoms with Gasteiger partial charge < -0.3 is 4.42 Å². The van der Waals surface area contributed by atoms with E-state index in [9.17, 15) is 4.79 Å². The molecule has 0 aliphatic rings. The lowest BCUT2D eigenvalue weighted by Crippen LogP contribution is -2.03. The molecule has 102 valence electrons. The van der Waals surface area contributed by atoms with Gasteiger partial charge in [-0.2, -0.15) is 0 Å². The van der Waals surface area contributed by atoms with E-state index in [0.29, 0.717) is 27.0 Å². The van der Waals surface area contributed by atoms with Gasteiger partial charge in [-0.25, -0.2) is 0 Å². The predicted molar refractivity (Wildman–Crippen MR) is 86.0 cm³/mol. The van der Waals surface area contributed by atoms with Crippen LogP contribution < -0.4 is 5.43 Å². The van der Waals surface area contributed by atoms with Gasteiger partial charge in [0.2, 0.25) is 5.43 Å². The van der Waals surface area contributed by atoms with Crippen LogP contribution in [0.2, 0.25) is 5.02 Å². The molecule has 0 saturated carbocycles. The van der Waals surface area contributed by atoms with Crippen LogP contribution in [0.5, 0.6) is 0 Å². The second kappa shape index (κ2) is 5.51. The first-order chi connectivity index (χ1) is 9.72. The Hall–Kier alpha value is -1.45. The van der Waals surface area contributed by atoms with Crippen LogP contribution in [-0.4, -0.2) is 5.75 Å². The molecule has 0 atom stereocenters. The van der Waals surface area contributed by atoms with Crippen molar-refractivity contribution in [1.82, 2.24) is 0 Å². The Morgan fingerprint density at radius 1 is 1.20 bits per heavy atom. The van der Waals surface area contributed by atoms with Gasteiger partial charge in [0.1, 0.15) is 5.58 Å². The molecule has 0 unspecified atom stereocenters. The van der Waals surface area contributed by atoms with Crippen LogP contribution in [0, 0.1) is 0 Å². The van der Waals surface area contributed by atoms with Crippen LogP contribution in [-0.2, 0) is 0 Å². The van der Waals surface area contributed by atoms with Crippen LogP contribution in [0.1, 0.15) is 13.3 Å². The summed E-state index contributed by atoms with van der Waals surface area (Å²) in [4.78, 5) is 13.5. The van der Waals surface area contributed by atoms with Gasteiger partial charge in [-0.15, -0.1) is 11.8 Å². The zero-order valence-corrected chi connectivity index (χ0v) is 12.6. The summed E-state index contributed by atoms with van der Waals surface area (Å²) in [7, 11) is 0. The lowest BCUT2D eigenvalue weighted by Gasteiger charge is -2.07. The second-order valence-electron chi connectivity index (χ2n) is 4.53. The van der Waals surface area contributed by atoms with Crippen LogP contribution in [0.3, 0.4) is 0 Å². The average Bonchev–Trinajstić information content (AvgIpc) is 2.47. The average molecular weight is 305 g/mol. The van der Waals surface area contributed by atoms with Crippen molar-refractivity contribution in [3.8, 4) is 0 Å². The molecule has 0 radical (unpaired) electrons. The molecule has 3 aromatic rings. The monoisotopic (exact) mass is 304 g/mol. The summed E-state index contributed by atoms with van der Waals surface area (Å²) in [5, 5.41) is 1.49. The molecule has 0 fully saturated rings. The van der Waals surface area contributed by atoms with Gasteiger partial charge in [0.15, 0.2) is 5.58 Å². The molecule has 0 saturated heterocycles. The molecule has 0 aliphatic carbocycles. The predicted octanol–water partition coefficient (Wildman–Crippen LogP) is 5.10. The number of para-hydroxylation sites is 1. The molecule has 2 nitrogen and oxygen atoms in total. The molecule has 0 bridgehead atoms. The quantitative estimate of drug-likeness (QED) is 0.498. The summed E-state index contributed by atoms with van der Waals surface area (Å²) in [5.41, 5.74) is 1.14. The minimum Gasteiger partial charge on any atom is -0.455 e. The first kappa shape index (κ1) is 13.5. The highest BCUT2D eigenvalue weighted by Crippen LogP contribution is 2.33. The summed E-state index contributed by atoms with van der Waals surface area (Å²) in [6.45, 7) is 2.12. The fraction of sp³-hybridized carbons (Fsp3) is 0.188. The first-order valence-corrected chi connectivity index (χ1v) is 7.85. The van der Waals surface area contributed by atoms with E-state index >= 15 is 0 Å². The molecule has 1 heterocycles. The first-order valence-electron chi connectivity index (χ1n) is 6.49. The molecule has 1 aromatic heterocycles. The number of fused-ring (bicyclic) bond motifs is 2. The highest BCUT2D eigenvalue weighted by molar-refractivity contribution is 7.99. The molecule has 2 aromatic carbocycles. The largest absolute Gasteiger partial charge is 0.455 e. The lowest BCUT2D eigenvalue weighted by molar-refractivity contribution is 0.651. The lowest BCUT2D eigenvalue weighted by atomic mass is 10.1. The van der Waals surface area contributed by atoms with Crippen molar-refractivity contribution in [2.75, 3.05) is 5.75 Å². The van der Waals surface area contributed by atoms with Gasteiger partial charge in [-0.3, -0.25) is 4.79 Å². The van der Waals surface area contributed by atoms with Crippen molar-refractivity contribution in [3.63, 3.8) is 0 Å². The van der Waals surface area contributed by atoms with E-state index < -0.39 is 0 Å². The fourth-order valence-corrected chi connectivity index (χ4v) is 3.26. The van der Waals surface area contributed by atoms with E-state index in [0.717, 1.165) is 17.1 Å². The Balaban J connectivity index is 2.40. The fourth-order valence-electron chi connectivity index (χ4n) is 2.17. The third-order valence-electron chi connectivity index (χ3n) is 3.10. The van der Waals surface area contributed by atoms with Crippen molar-refractivity contribution in [3.05, 3.63) is 51.6 Å². The number of thioether (sulfide) groups is 1. The Labute approximate surface area is 125 Å². The number of benzene rings is 2. The minimum atomic E-state index is -0.0641. The molecule has 0 amide bonds. The van der Waals surface area contributed by atoms with Gasteiger partial charge in [0.05, 0.1) is 20.7 Å². The molecule has 3 rings (SSSR count). The van der Waals surface area contributed by atoms with Crippen LogP contribution in [0.25, 0.3) is 21.9 Å². The zero-order chi connectivity index (χ0) is 14.1. The standard InChI is InChI=1S/C16H13ClO2S/c1-2-9-20-13-8-7-11(17)14-15(18)10-5-3-4-6-12(10)19-16(13)14/h3-8H,2,9H2,1H3. The van der Waals surface area contributed by atoms with E-state index in [1.165, 1.54) is 0 Å². The van der Waals surface area contributed by atoms with Crippen LogP contribution in [0.15, 0.2) is 50.5 Å². The minimum absolute atomic E-state index is 0.0641. The Kier molecular flexibility index (Phi) is 3.72. The normalized spacial score (nSPS) is 11.3. The number of hydrogen-bond acceptors (Lipinski definition) is 3. The van der Waals surface area contributed by atoms with Crippen molar-refractivity contribution >= 4 is 45.3 Å². The van der Waals surface area contributed by atoms with Gasteiger partial charge in [0.25, 0.3) is 0 Å². The van der Waals surface area contributed by atoms with Crippen molar-refractivity contribution in [2.24, 2.45) is 0 Å². The highest BCUT2D eigenvalue weighted by atomic mass is 35.5. The maximum atomic E-state index is 12.6. The van der Waals surface area contributed by atoms with E-state index in [-0.39, 0.29) is 5.43 Å². The summed E-state index contributed by atoms with van der Waals surface area (Å²) in [6, 6.07) is 11.0. The topological polar surface area (TPSA) is 30.2 Å². The van der Waals surface area contributed by atoms with E-state index in [1.54, 1.807) is 23.9 Å². The summed E-state index contributed by atoms with van der Waals surface area (Å²) < 4.78 is 5.93. The Morgan fingerprint density at radius 2 is 2.00 bits per heavy atom. The third kappa shape index (κ3) is 2.21. The van der Waals surface area contributed by atoms with Gasteiger partial charge in [-0.05, 0) is 36.4 Å². The molecule has 0 aliphatic heterocycles. The van der Waals surface area contributed by atoms with Crippen molar-refractivity contribution in [2.45, 2.75) is 18.2 Å². The van der Waals surface area contributed by atoms with Gasteiger partial charge in [0, 0.05) is 0 Å². The summed E-state index contributed by atoms with van der Waals surface area (Å²) in [6.07, 6.45) is 1.06. The summed E-state index contributed by atoms with van der Waals surface area (Å²) in [5.74, 6) is 0.979. The third-order valence-corrected chi connectivity index (χ3v) is 4.66. The van der Waals surface area contributed by atoms with E-state index in [1.807, 2.05) is 24.3 Å². The number of hydrogen-bond donors (Lipinski definition) is 0. The van der Waals surface area contributed by atoms with E-state index in [2.05, 4.69) is 6.92 Å². The van der Waals surface area contributed by atoms with Gasteiger partial charge >= 0.3 is 0 Å².